The molecule has 19 heavy (non-hydrogen) atoms. The van der Waals surface area contributed by atoms with Crippen LogP contribution in [0.5, 0.6) is 5.75 Å². The molecule has 2 heteroatoms. The Bertz CT molecular complexity index is 373. The van der Waals surface area contributed by atoms with E-state index in [1.165, 1.54) is 37.7 Å². The molecule has 0 aliphatic heterocycles. The summed E-state index contributed by atoms with van der Waals surface area (Å²) in [6.07, 6.45) is 6.78. The second kappa shape index (κ2) is 6.95. The van der Waals surface area contributed by atoms with Gasteiger partial charge in [0.05, 0.1) is 7.11 Å². The Kier molecular flexibility index (Phi) is 5.26. The summed E-state index contributed by atoms with van der Waals surface area (Å²) in [7, 11) is 1.71. The molecule has 1 aliphatic rings. The molecule has 0 bridgehead atoms. The molecule has 3 unspecified atom stereocenters. The van der Waals surface area contributed by atoms with Gasteiger partial charge >= 0.3 is 0 Å². The van der Waals surface area contributed by atoms with E-state index in [0.29, 0.717) is 12.1 Å². The van der Waals surface area contributed by atoms with Crippen molar-refractivity contribution in [1.82, 2.24) is 5.32 Å². The Morgan fingerprint density at radius 1 is 1.11 bits per heavy atom. The maximum absolute atomic E-state index is 5.21. The van der Waals surface area contributed by atoms with E-state index in [2.05, 4.69) is 31.3 Å². The fourth-order valence-electron chi connectivity index (χ4n) is 3.00. The Morgan fingerprint density at radius 3 is 2.53 bits per heavy atom. The molecule has 1 aromatic rings. The molecule has 2 rings (SSSR count). The largest absolute Gasteiger partial charge is 0.497 e. The van der Waals surface area contributed by atoms with Crippen LogP contribution in [0.4, 0.5) is 0 Å². The first-order chi connectivity index (χ1) is 9.19. The molecule has 0 spiro atoms. The van der Waals surface area contributed by atoms with Gasteiger partial charge in [-0.25, -0.2) is 0 Å². The topological polar surface area (TPSA) is 21.3 Å². The molecular weight excluding hydrogens is 234 g/mol. The van der Waals surface area contributed by atoms with Crippen LogP contribution in [-0.4, -0.2) is 13.2 Å². The first-order valence-electron chi connectivity index (χ1n) is 7.59. The van der Waals surface area contributed by atoms with E-state index in [0.717, 1.165) is 11.7 Å². The highest BCUT2D eigenvalue weighted by atomic mass is 16.5. The van der Waals surface area contributed by atoms with Crippen LogP contribution in [0, 0.1) is 5.92 Å². The fourth-order valence-corrected chi connectivity index (χ4v) is 3.00. The average molecular weight is 261 g/mol. The van der Waals surface area contributed by atoms with Crippen molar-refractivity contribution in [3.63, 3.8) is 0 Å². The summed E-state index contributed by atoms with van der Waals surface area (Å²) in [6.45, 7) is 4.64. The summed E-state index contributed by atoms with van der Waals surface area (Å²) >= 11 is 0. The lowest BCUT2D eigenvalue weighted by Gasteiger charge is -2.22. The van der Waals surface area contributed by atoms with Crippen molar-refractivity contribution in [1.29, 1.82) is 0 Å². The molecule has 106 valence electrons. The van der Waals surface area contributed by atoms with Crippen LogP contribution in [0.3, 0.4) is 0 Å². The molecular formula is C17H27NO. The van der Waals surface area contributed by atoms with Crippen molar-refractivity contribution in [3.8, 4) is 5.75 Å². The lowest BCUT2D eigenvalue weighted by Crippen LogP contribution is -2.31. The molecule has 0 aromatic heterocycles. The van der Waals surface area contributed by atoms with Crippen molar-refractivity contribution in [3.05, 3.63) is 29.8 Å². The monoisotopic (exact) mass is 261 g/mol. The minimum absolute atomic E-state index is 0.421. The Balaban J connectivity index is 1.90. The van der Waals surface area contributed by atoms with Crippen molar-refractivity contribution in [2.45, 2.75) is 58.0 Å². The van der Waals surface area contributed by atoms with Crippen LogP contribution in [0.25, 0.3) is 0 Å². The van der Waals surface area contributed by atoms with Crippen molar-refractivity contribution in [2.24, 2.45) is 5.92 Å². The number of rotatable bonds is 4. The molecule has 1 N–H and O–H groups in total. The van der Waals surface area contributed by atoms with Gasteiger partial charge in [0.1, 0.15) is 5.75 Å². The third-order valence-electron chi connectivity index (χ3n) is 4.36. The molecule has 0 radical (unpaired) electrons. The highest BCUT2D eigenvalue weighted by Crippen LogP contribution is 2.25. The normalized spacial score (nSPS) is 25.6. The molecule has 2 nitrogen and oxygen atoms in total. The van der Waals surface area contributed by atoms with Gasteiger partial charge in [-0.3, -0.25) is 0 Å². The van der Waals surface area contributed by atoms with Gasteiger partial charge in [0.25, 0.3) is 0 Å². The van der Waals surface area contributed by atoms with Crippen LogP contribution in [0.15, 0.2) is 24.3 Å². The number of hydrogen-bond acceptors (Lipinski definition) is 2. The van der Waals surface area contributed by atoms with Gasteiger partial charge in [-0.15, -0.1) is 0 Å². The van der Waals surface area contributed by atoms with E-state index in [-0.39, 0.29) is 0 Å². The summed E-state index contributed by atoms with van der Waals surface area (Å²) < 4.78 is 5.21. The first kappa shape index (κ1) is 14.4. The zero-order valence-corrected chi connectivity index (χ0v) is 12.5. The maximum Gasteiger partial charge on any atom is 0.118 e. The SMILES string of the molecule is COc1ccc(C(C)NC2CCCC(C)CC2)cc1. The number of hydrogen-bond donors (Lipinski definition) is 1. The standard InChI is InChI=1S/C17H27NO/c1-13-5-4-6-16(10-7-13)18-14(2)15-8-11-17(19-3)12-9-15/h8-9,11-14,16,18H,4-7,10H2,1-3H3. The van der Waals surface area contributed by atoms with Crippen molar-refractivity contribution in [2.75, 3.05) is 7.11 Å². The van der Waals surface area contributed by atoms with Gasteiger partial charge in [0.2, 0.25) is 0 Å². The minimum Gasteiger partial charge on any atom is -0.497 e. The summed E-state index contributed by atoms with van der Waals surface area (Å²) in [5.41, 5.74) is 1.35. The van der Waals surface area contributed by atoms with Crippen molar-refractivity contribution < 1.29 is 4.74 Å². The van der Waals surface area contributed by atoms with Crippen LogP contribution in [-0.2, 0) is 0 Å². The fraction of sp³-hybridized carbons (Fsp3) is 0.647. The molecule has 1 saturated carbocycles. The Hall–Kier alpha value is -1.02. The van der Waals surface area contributed by atoms with E-state index in [1.54, 1.807) is 7.11 Å². The Morgan fingerprint density at radius 2 is 1.84 bits per heavy atom. The molecule has 0 saturated heterocycles. The lowest BCUT2D eigenvalue weighted by molar-refractivity contribution is 0.405. The minimum atomic E-state index is 0.421. The smallest absolute Gasteiger partial charge is 0.118 e. The van der Waals surface area contributed by atoms with E-state index in [9.17, 15) is 0 Å². The molecule has 1 aliphatic carbocycles. The van der Waals surface area contributed by atoms with Gasteiger partial charge in [-0.1, -0.05) is 31.9 Å². The van der Waals surface area contributed by atoms with Gasteiger partial charge in [0.15, 0.2) is 0 Å². The highest BCUT2D eigenvalue weighted by molar-refractivity contribution is 5.28. The second-order valence-electron chi connectivity index (χ2n) is 5.97. The number of nitrogens with one attached hydrogen (secondary N) is 1. The second-order valence-corrected chi connectivity index (χ2v) is 5.97. The Labute approximate surface area is 117 Å². The zero-order chi connectivity index (χ0) is 13.7. The predicted octanol–water partition coefficient (Wildman–Crippen LogP) is 4.31. The third kappa shape index (κ3) is 4.24. The van der Waals surface area contributed by atoms with E-state index in [4.69, 9.17) is 4.74 Å². The first-order valence-corrected chi connectivity index (χ1v) is 7.59. The summed E-state index contributed by atoms with van der Waals surface area (Å²) in [4.78, 5) is 0. The predicted molar refractivity (Wildman–Crippen MR) is 80.6 cm³/mol. The van der Waals surface area contributed by atoms with Crippen molar-refractivity contribution >= 4 is 0 Å². The van der Waals surface area contributed by atoms with E-state index in [1.807, 2.05) is 12.1 Å². The highest BCUT2D eigenvalue weighted by Gasteiger charge is 2.18. The molecule has 0 amide bonds. The molecule has 3 atom stereocenters. The van der Waals surface area contributed by atoms with E-state index < -0.39 is 0 Å². The van der Waals surface area contributed by atoms with Gasteiger partial charge in [-0.05, 0) is 49.8 Å². The quantitative estimate of drug-likeness (QED) is 0.815. The molecule has 1 fully saturated rings. The number of benzene rings is 1. The molecule has 0 heterocycles. The van der Waals surface area contributed by atoms with Crippen LogP contribution in [0.1, 0.15) is 57.6 Å². The van der Waals surface area contributed by atoms with Crippen LogP contribution in [0.2, 0.25) is 0 Å². The summed E-state index contributed by atoms with van der Waals surface area (Å²) in [6, 6.07) is 9.52. The third-order valence-corrected chi connectivity index (χ3v) is 4.36. The summed E-state index contributed by atoms with van der Waals surface area (Å²) in [5.74, 6) is 1.84. The average Bonchev–Trinajstić information content (AvgIpc) is 2.64. The van der Waals surface area contributed by atoms with Crippen LogP contribution >= 0.6 is 0 Å². The van der Waals surface area contributed by atoms with Gasteiger partial charge in [-0.2, -0.15) is 0 Å². The van der Waals surface area contributed by atoms with Gasteiger partial charge in [0, 0.05) is 12.1 Å². The number of ether oxygens (including phenoxy) is 1. The van der Waals surface area contributed by atoms with Crippen LogP contribution < -0.4 is 10.1 Å². The zero-order valence-electron chi connectivity index (χ0n) is 12.5. The van der Waals surface area contributed by atoms with Gasteiger partial charge < -0.3 is 10.1 Å². The summed E-state index contributed by atoms with van der Waals surface area (Å²) in [5, 5.41) is 3.79. The lowest BCUT2D eigenvalue weighted by atomic mass is 10.0. The van der Waals surface area contributed by atoms with E-state index >= 15 is 0 Å². The maximum atomic E-state index is 5.21. The number of methoxy groups -OCH3 is 1. The molecule has 1 aromatic carbocycles.